The Morgan fingerprint density at radius 3 is 0.909 bits per heavy atom. The Kier molecular flexibility index (Phi) is 23.3. The van der Waals surface area contributed by atoms with Crippen LogP contribution in [0.4, 0.5) is 0 Å². The maximum Gasteiger partial charge on any atom is -0.0417 e. The molecule has 0 heteroatoms. The molecule has 0 spiro atoms. The smallest absolute Gasteiger partial charge is 0.0417 e. The minimum absolute atomic E-state index is 0.833. The van der Waals surface area contributed by atoms with E-state index in [1.54, 1.807) is 0 Å². The molecule has 0 aromatic rings. The minimum Gasteiger partial charge on any atom is -0.0651 e. The Balaban J connectivity index is -0.000000230. The van der Waals surface area contributed by atoms with Gasteiger partial charge in [0.15, 0.2) is 0 Å². The number of hydrogen-bond acceptors (Lipinski definition) is 0. The number of hydrogen-bond donors (Lipinski definition) is 0. The summed E-state index contributed by atoms with van der Waals surface area (Å²) in [5, 5.41) is 0. The van der Waals surface area contributed by atoms with Crippen LogP contribution in [0.5, 0.6) is 0 Å². The van der Waals surface area contributed by atoms with Gasteiger partial charge in [0.05, 0.1) is 0 Å². The highest BCUT2D eigenvalue weighted by molar-refractivity contribution is 4.67. The summed E-state index contributed by atoms with van der Waals surface area (Å²) in [6.45, 7) is 24.5. The van der Waals surface area contributed by atoms with Crippen molar-refractivity contribution in [1.29, 1.82) is 0 Å². The van der Waals surface area contributed by atoms with Crippen molar-refractivity contribution in [1.82, 2.24) is 0 Å². The minimum atomic E-state index is 0.833. The van der Waals surface area contributed by atoms with E-state index >= 15 is 0 Å². The quantitative estimate of drug-likeness (QED) is 0.478. The van der Waals surface area contributed by atoms with Crippen LogP contribution in [0.2, 0.25) is 0 Å². The van der Waals surface area contributed by atoms with Crippen molar-refractivity contribution in [3.05, 3.63) is 0 Å². The van der Waals surface area contributed by atoms with Crippen molar-refractivity contribution < 1.29 is 0 Å². The first-order valence-electron chi connectivity index (χ1n) is 10.1. The molecule has 0 nitrogen and oxygen atoms in total. The van der Waals surface area contributed by atoms with Crippen LogP contribution in [-0.2, 0) is 0 Å². The monoisotopic (exact) mass is 314 g/mol. The van der Waals surface area contributed by atoms with Crippen LogP contribution in [0, 0.1) is 29.6 Å². The van der Waals surface area contributed by atoms with Gasteiger partial charge < -0.3 is 0 Å². The zero-order chi connectivity index (χ0) is 18.1. The molecule has 0 saturated heterocycles. The Labute approximate surface area is 144 Å². The molecule has 1 rings (SSSR count). The molecule has 2 atom stereocenters. The lowest BCUT2D eigenvalue weighted by molar-refractivity contribution is 0.277. The largest absolute Gasteiger partial charge is 0.0651 e. The molecule has 1 saturated carbocycles. The second-order valence-corrected chi connectivity index (χ2v) is 8.58. The van der Waals surface area contributed by atoms with Crippen LogP contribution in [0.1, 0.15) is 115 Å². The van der Waals surface area contributed by atoms with Gasteiger partial charge in [-0.25, -0.2) is 0 Å². The van der Waals surface area contributed by atoms with Gasteiger partial charge in [0, 0.05) is 0 Å². The van der Waals surface area contributed by atoms with Crippen molar-refractivity contribution in [2.24, 2.45) is 29.6 Å². The van der Waals surface area contributed by atoms with E-state index in [-0.39, 0.29) is 0 Å². The predicted octanol–water partition coefficient (Wildman–Crippen LogP) is 8.60. The maximum absolute atomic E-state index is 2.38. The third kappa shape index (κ3) is 32.1. The first kappa shape index (κ1) is 26.9. The average molecular weight is 315 g/mol. The first-order chi connectivity index (χ1) is 10.1. The highest BCUT2D eigenvalue weighted by Crippen LogP contribution is 2.28. The maximum atomic E-state index is 2.38. The molecule has 2 unspecified atom stereocenters. The molecular weight excluding hydrogens is 264 g/mol. The van der Waals surface area contributed by atoms with Gasteiger partial charge in [-0.05, 0) is 29.6 Å². The molecule has 0 bridgehead atoms. The lowest BCUT2D eigenvalue weighted by Gasteiger charge is -2.24. The van der Waals surface area contributed by atoms with E-state index in [0.717, 1.165) is 29.6 Å². The topological polar surface area (TPSA) is 0 Å². The molecule has 0 aromatic heterocycles. The third-order valence-corrected chi connectivity index (χ3v) is 4.17. The fourth-order valence-electron chi connectivity index (χ4n) is 1.50. The van der Waals surface area contributed by atoms with E-state index in [2.05, 4.69) is 76.2 Å². The summed E-state index contributed by atoms with van der Waals surface area (Å²) >= 11 is 0. The van der Waals surface area contributed by atoms with E-state index in [0.29, 0.717) is 0 Å². The van der Waals surface area contributed by atoms with Gasteiger partial charge in [-0.15, -0.1) is 0 Å². The van der Waals surface area contributed by atoms with Gasteiger partial charge in [-0.3, -0.25) is 0 Å². The van der Waals surface area contributed by atoms with Gasteiger partial charge in [-0.1, -0.05) is 115 Å². The van der Waals surface area contributed by atoms with E-state index < -0.39 is 0 Å². The zero-order valence-corrected chi connectivity index (χ0v) is 18.1. The second kappa shape index (κ2) is 19.0. The Morgan fingerprint density at radius 1 is 0.636 bits per heavy atom. The lowest BCUT2D eigenvalue weighted by atomic mass is 9.82. The second-order valence-electron chi connectivity index (χ2n) is 8.58. The van der Waals surface area contributed by atoms with Crippen LogP contribution in [0.15, 0.2) is 0 Å². The highest BCUT2D eigenvalue weighted by atomic mass is 14.2. The average Bonchev–Trinajstić information content (AvgIpc) is 2.42. The molecule has 0 aliphatic heterocycles. The Bertz CT molecular complexity index is 158. The van der Waals surface area contributed by atoms with Crippen molar-refractivity contribution in [3.63, 3.8) is 0 Å². The van der Waals surface area contributed by atoms with Gasteiger partial charge in [0.2, 0.25) is 0 Å². The van der Waals surface area contributed by atoms with Gasteiger partial charge in [0.1, 0.15) is 0 Å². The van der Waals surface area contributed by atoms with Crippen LogP contribution < -0.4 is 0 Å². The standard InChI is InChI=1S/C8H16.2C5H12.C4H10/c1-7-5-3-4-6-8(7)2;2*1-4-5(2)3;1-4(2)3/h7-8H,3-6H2,1-2H3;2*5H,4H2,1-3H3;4H,1-3H3. The van der Waals surface area contributed by atoms with Crippen LogP contribution in [0.25, 0.3) is 0 Å². The number of rotatable bonds is 2. The Morgan fingerprint density at radius 2 is 0.818 bits per heavy atom. The molecule has 0 radical (unpaired) electrons. The summed E-state index contributed by atoms with van der Waals surface area (Å²) in [7, 11) is 0. The van der Waals surface area contributed by atoms with E-state index in [4.69, 9.17) is 0 Å². The Hall–Kier alpha value is 0. The van der Waals surface area contributed by atoms with Gasteiger partial charge >= 0.3 is 0 Å². The van der Waals surface area contributed by atoms with Gasteiger partial charge in [-0.2, -0.15) is 0 Å². The van der Waals surface area contributed by atoms with E-state index in [1.807, 2.05) is 0 Å². The summed E-state index contributed by atoms with van der Waals surface area (Å²) in [6.07, 6.45) is 8.51. The van der Waals surface area contributed by atoms with Crippen LogP contribution in [0.3, 0.4) is 0 Å². The fraction of sp³-hybridized carbons (Fsp3) is 1.00. The molecule has 1 aliphatic carbocycles. The molecule has 0 heterocycles. The molecule has 1 fully saturated rings. The van der Waals surface area contributed by atoms with Crippen LogP contribution >= 0.6 is 0 Å². The fourth-order valence-corrected chi connectivity index (χ4v) is 1.50. The molecule has 0 N–H and O–H groups in total. The summed E-state index contributed by atoms with van der Waals surface area (Å²) in [5.41, 5.74) is 0. The third-order valence-electron chi connectivity index (χ3n) is 4.17. The highest BCUT2D eigenvalue weighted by Gasteiger charge is 2.15. The van der Waals surface area contributed by atoms with E-state index in [1.165, 1.54) is 38.5 Å². The van der Waals surface area contributed by atoms with E-state index in [9.17, 15) is 0 Å². The molecule has 22 heavy (non-hydrogen) atoms. The molecule has 1 aliphatic rings. The summed E-state index contributed by atoms with van der Waals surface area (Å²) in [4.78, 5) is 0. The first-order valence-corrected chi connectivity index (χ1v) is 10.1. The van der Waals surface area contributed by atoms with Crippen molar-refractivity contribution in [2.75, 3.05) is 0 Å². The summed E-state index contributed by atoms with van der Waals surface area (Å²) in [5.74, 6) is 4.61. The lowest BCUT2D eigenvalue weighted by Crippen LogP contribution is -2.12. The van der Waals surface area contributed by atoms with Crippen molar-refractivity contribution in [2.45, 2.75) is 115 Å². The zero-order valence-electron chi connectivity index (χ0n) is 18.1. The summed E-state index contributed by atoms with van der Waals surface area (Å²) in [6, 6.07) is 0. The molecule has 138 valence electrons. The SMILES string of the molecule is CC(C)C.CC1CCCCC1C.CCC(C)C.CCC(C)C. The van der Waals surface area contributed by atoms with Gasteiger partial charge in [0.25, 0.3) is 0 Å². The van der Waals surface area contributed by atoms with Crippen molar-refractivity contribution >= 4 is 0 Å². The molecule has 0 aromatic carbocycles. The molecular formula is C22H50. The normalized spacial score (nSPS) is 20.5. The molecule has 0 amide bonds. The van der Waals surface area contributed by atoms with Crippen LogP contribution in [-0.4, -0.2) is 0 Å². The van der Waals surface area contributed by atoms with Crippen molar-refractivity contribution in [3.8, 4) is 0 Å². The summed E-state index contributed by atoms with van der Waals surface area (Å²) < 4.78 is 0. The predicted molar refractivity (Wildman–Crippen MR) is 108 cm³/mol.